The summed E-state index contributed by atoms with van der Waals surface area (Å²) in [6, 6.07) is 9.64. The van der Waals surface area contributed by atoms with Crippen molar-refractivity contribution in [2.24, 2.45) is 0 Å². The van der Waals surface area contributed by atoms with E-state index in [9.17, 15) is 24.1 Å². The topological polar surface area (TPSA) is 93.0 Å². The van der Waals surface area contributed by atoms with E-state index in [0.29, 0.717) is 26.2 Å². The third-order valence-corrected chi connectivity index (χ3v) is 4.81. The molecule has 0 bridgehead atoms. The van der Waals surface area contributed by atoms with Crippen LogP contribution in [0, 0.1) is 15.9 Å². The minimum absolute atomic E-state index is 0.100. The molecule has 0 saturated carbocycles. The van der Waals surface area contributed by atoms with Gasteiger partial charge in [-0.25, -0.2) is 4.39 Å². The summed E-state index contributed by atoms with van der Waals surface area (Å²) in [6.07, 6.45) is 0.160. The summed E-state index contributed by atoms with van der Waals surface area (Å²) in [7, 11) is 1.39. The lowest BCUT2D eigenvalue weighted by molar-refractivity contribution is -0.384. The quantitative estimate of drug-likeness (QED) is 0.566. The number of piperazine rings is 1. The zero-order chi connectivity index (χ0) is 21.0. The zero-order valence-electron chi connectivity index (χ0n) is 15.8. The Hall–Kier alpha value is -3.49. The number of amides is 2. The number of nitrogens with zero attached hydrogens (tertiary/aromatic N) is 3. The number of carbonyl (C=O) groups is 2. The highest BCUT2D eigenvalue weighted by atomic mass is 19.1. The van der Waals surface area contributed by atoms with Gasteiger partial charge in [0.1, 0.15) is 11.6 Å². The molecule has 29 heavy (non-hydrogen) atoms. The smallest absolute Gasteiger partial charge is 0.270 e. The maximum atomic E-state index is 13.0. The average Bonchev–Trinajstić information content (AvgIpc) is 2.74. The molecule has 0 N–H and O–H groups in total. The van der Waals surface area contributed by atoms with Crippen molar-refractivity contribution < 1.29 is 23.6 Å². The van der Waals surface area contributed by atoms with Crippen LogP contribution in [0.4, 0.5) is 10.1 Å². The number of benzene rings is 2. The summed E-state index contributed by atoms with van der Waals surface area (Å²) in [5, 5.41) is 11.0. The number of ether oxygens (including phenoxy) is 1. The molecule has 3 rings (SSSR count). The number of nitro benzene ring substituents is 1. The third-order valence-electron chi connectivity index (χ3n) is 4.81. The Morgan fingerprint density at radius 1 is 1.07 bits per heavy atom. The second-order valence-corrected chi connectivity index (χ2v) is 6.62. The Kier molecular flexibility index (Phi) is 6.06. The molecule has 0 spiro atoms. The lowest BCUT2D eigenvalue weighted by Crippen LogP contribution is -2.51. The van der Waals surface area contributed by atoms with Gasteiger partial charge >= 0.3 is 0 Å². The summed E-state index contributed by atoms with van der Waals surface area (Å²) < 4.78 is 18.1. The Morgan fingerprint density at radius 2 is 1.69 bits per heavy atom. The van der Waals surface area contributed by atoms with E-state index in [4.69, 9.17) is 4.74 Å². The Bertz CT molecular complexity index is 924. The van der Waals surface area contributed by atoms with Crippen molar-refractivity contribution in [3.8, 4) is 5.75 Å². The van der Waals surface area contributed by atoms with E-state index in [1.54, 1.807) is 21.9 Å². The third kappa shape index (κ3) is 4.68. The Labute approximate surface area is 166 Å². The average molecular weight is 401 g/mol. The van der Waals surface area contributed by atoms with Crippen molar-refractivity contribution >= 4 is 17.5 Å². The van der Waals surface area contributed by atoms with Gasteiger partial charge in [-0.15, -0.1) is 0 Å². The molecule has 1 heterocycles. The van der Waals surface area contributed by atoms with Crippen molar-refractivity contribution in [2.45, 2.75) is 6.42 Å². The van der Waals surface area contributed by atoms with Crippen LogP contribution in [0.2, 0.25) is 0 Å². The number of carbonyl (C=O) groups excluding carboxylic acids is 2. The van der Waals surface area contributed by atoms with Crippen molar-refractivity contribution in [1.29, 1.82) is 0 Å². The first-order valence-electron chi connectivity index (χ1n) is 9.03. The summed E-state index contributed by atoms with van der Waals surface area (Å²) in [5.41, 5.74) is 0.645. The molecule has 0 radical (unpaired) electrons. The van der Waals surface area contributed by atoms with Gasteiger partial charge in [0.15, 0.2) is 0 Å². The number of nitro groups is 1. The van der Waals surface area contributed by atoms with Gasteiger partial charge in [-0.3, -0.25) is 19.7 Å². The van der Waals surface area contributed by atoms with Crippen molar-refractivity contribution in [2.75, 3.05) is 33.3 Å². The van der Waals surface area contributed by atoms with Crippen molar-refractivity contribution in [1.82, 2.24) is 9.80 Å². The molecule has 1 aliphatic heterocycles. The van der Waals surface area contributed by atoms with Crippen LogP contribution < -0.4 is 4.74 Å². The van der Waals surface area contributed by atoms with Crippen LogP contribution in [0.1, 0.15) is 15.9 Å². The van der Waals surface area contributed by atoms with Gasteiger partial charge in [-0.1, -0.05) is 12.1 Å². The normalized spacial score (nSPS) is 13.9. The van der Waals surface area contributed by atoms with Crippen molar-refractivity contribution in [3.05, 3.63) is 69.5 Å². The molecule has 2 aromatic rings. The molecule has 1 fully saturated rings. The highest BCUT2D eigenvalue weighted by molar-refractivity contribution is 5.97. The van der Waals surface area contributed by atoms with Crippen LogP contribution in [-0.2, 0) is 11.2 Å². The van der Waals surface area contributed by atoms with E-state index in [1.165, 1.54) is 37.4 Å². The fourth-order valence-electron chi connectivity index (χ4n) is 3.19. The first-order valence-corrected chi connectivity index (χ1v) is 9.03. The zero-order valence-corrected chi connectivity index (χ0v) is 15.8. The van der Waals surface area contributed by atoms with Crippen LogP contribution in [-0.4, -0.2) is 59.8 Å². The Balaban J connectivity index is 1.63. The monoisotopic (exact) mass is 401 g/mol. The SMILES string of the molecule is COc1ccc([N+](=O)[O-])cc1C(=O)N1CCN(C(=O)Cc2ccc(F)cc2)CC1. The Morgan fingerprint density at radius 3 is 2.28 bits per heavy atom. The molecule has 152 valence electrons. The second-order valence-electron chi connectivity index (χ2n) is 6.62. The predicted octanol–water partition coefficient (Wildman–Crippen LogP) is 2.27. The van der Waals surface area contributed by atoms with E-state index in [-0.39, 0.29) is 41.1 Å². The molecule has 2 amide bonds. The molecule has 2 aromatic carbocycles. The van der Waals surface area contributed by atoms with Crippen LogP contribution in [0.5, 0.6) is 5.75 Å². The molecule has 0 unspecified atom stereocenters. The highest BCUT2D eigenvalue weighted by Gasteiger charge is 2.27. The van der Waals surface area contributed by atoms with Crippen LogP contribution in [0.3, 0.4) is 0 Å². The summed E-state index contributed by atoms with van der Waals surface area (Å²) in [6.45, 7) is 1.31. The maximum Gasteiger partial charge on any atom is 0.270 e. The maximum absolute atomic E-state index is 13.0. The predicted molar refractivity (Wildman–Crippen MR) is 102 cm³/mol. The van der Waals surface area contributed by atoms with E-state index in [0.717, 1.165) is 5.56 Å². The molecule has 9 heteroatoms. The molecule has 0 aromatic heterocycles. The lowest BCUT2D eigenvalue weighted by atomic mass is 10.1. The summed E-state index contributed by atoms with van der Waals surface area (Å²) >= 11 is 0. The summed E-state index contributed by atoms with van der Waals surface area (Å²) in [4.78, 5) is 38.9. The van der Waals surface area contributed by atoms with Gasteiger partial charge in [0.2, 0.25) is 5.91 Å². The lowest BCUT2D eigenvalue weighted by Gasteiger charge is -2.35. The standard InChI is InChI=1S/C20H20FN3O5/c1-29-18-7-6-16(24(27)28)13-17(18)20(26)23-10-8-22(9-11-23)19(25)12-14-2-4-15(21)5-3-14/h2-7,13H,8-12H2,1H3. The van der Waals surface area contributed by atoms with Crippen LogP contribution in [0.25, 0.3) is 0 Å². The van der Waals surface area contributed by atoms with Crippen molar-refractivity contribution in [3.63, 3.8) is 0 Å². The van der Waals surface area contributed by atoms with E-state index < -0.39 is 4.92 Å². The summed E-state index contributed by atoms with van der Waals surface area (Å²) in [5.74, 6) is -0.576. The molecule has 8 nitrogen and oxygen atoms in total. The molecule has 0 atom stereocenters. The number of rotatable bonds is 5. The van der Waals surface area contributed by atoms with Gasteiger partial charge in [0.25, 0.3) is 11.6 Å². The fourth-order valence-corrected chi connectivity index (χ4v) is 3.19. The number of methoxy groups -OCH3 is 1. The largest absolute Gasteiger partial charge is 0.496 e. The first-order chi connectivity index (χ1) is 13.9. The molecular weight excluding hydrogens is 381 g/mol. The van der Waals surface area contributed by atoms with E-state index >= 15 is 0 Å². The molecule has 1 aliphatic rings. The minimum atomic E-state index is -0.567. The van der Waals surface area contributed by atoms with Gasteiger partial charge in [0.05, 0.1) is 24.0 Å². The minimum Gasteiger partial charge on any atom is -0.496 e. The number of hydrogen-bond acceptors (Lipinski definition) is 5. The van der Waals surface area contributed by atoms with Gasteiger partial charge < -0.3 is 14.5 Å². The van der Waals surface area contributed by atoms with Gasteiger partial charge in [-0.2, -0.15) is 0 Å². The molecular formula is C20H20FN3O5. The highest BCUT2D eigenvalue weighted by Crippen LogP contribution is 2.25. The van der Waals surface area contributed by atoms with Gasteiger partial charge in [-0.05, 0) is 23.8 Å². The number of halogens is 1. The van der Waals surface area contributed by atoms with Gasteiger partial charge in [0, 0.05) is 38.3 Å². The van der Waals surface area contributed by atoms with Crippen LogP contribution in [0.15, 0.2) is 42.5 Å². The fraction of sp³-hybridized carbons (Fsp3) is 0.300. The number of non-ortho nitro benzene ring substituents is 1. The molecule has 0 aliphatic carbocycles. The van der Waals surface area contributed by atoms with E-state index in [2.05, 4.69) is 0 Å². The second kappa shape index (κ2) is 8.68. The first kappa shape index (κ1) is 20.2. The van der Waals surface area contributed by atoms with Crippen LogP contribution >= 0.6 is 0 Å². The molecule has 1 saturated heterocycles. The number of hydrogen-bond donors (Lipinski definition) is 0. The van der Waals surface area contributed by atoms with E-state index in [1.807, 2.05) is 0 Å².